The summed E-state index contributed by atoms with van der Waals surface area (Å²) in [5.74, 6) is -1.48. The summed E-state index contributed by atoms with van der Waals surface area (Å²) < 4.78 is 0. The SMILES string of the molecule is Cc1cccc(NC(=O)[C@H](C)N)c1C(=O)O. The minimum atomic E-state index is -1.07. The lowest BCUT2D eigenvalue weighted by Crippen LogP contribution is -2.33. The summed E-state index contributed by atoms with van der Waals surface area (Å²) in [7, 11) is 0. The summed E-state index contributed by atoms with van der Waals surface area (Å²) in [6, 6.07) is 4.21. The number of hydrogen-bond donors (Lipinski definition) is 3. The van der Waals surface area contributed by atoms with Crippen molar-refractivity contribution in [2.75, 3.05) is 5.32 Å². The molecule has 0 bridgehead atoms. The summed E-state index contributed by atoms with van der Waals surface area (Å²) in [6.45, 7) is 3.20. The molecule has 0 heterocycles. The van der Waals surface area contributed by atoms with Crippen LogP contribution in [0.2, 0.25) is 0 Å². The van der Waals surface area contributed by atoms with Gasteiger partial charge in [-0.3, -0.25) is 4.79 Å². The van der Waals surface area contributed by atoms with Crippen LogP contribution < -0.4 is 11.1 Å². The Labute approximate surface area is 93.3 Å². The largest absolute Gasteiger partial charge is 0.478 e. The minimum absolute atomic E-state index is 0.0940. The normalized spacial score (nSPS) is 11.9. The van der Waals surface area contributed by atoms with Crippen LogP contribution in [0.3, 0.4) is 0 Å². The van der Waals surface area contributed by atoms with Gasteiger partial charge in [0.2, 0.25) is 5.91 Å². The van der Waals surface area contributed by atoms with E-state index in [0.29, 0.717) is 5.56 Å². The molecule has 0 aromatic heterocycles. The number of anilines is 1. The molecule has 5 nitrogen and oxygen atoms in total. The van der Waals surface area contributed by atoms with Crippen LogP contribution in [0.25, 0.3) is 0 Å². The first-order valence-corrected chi connectivity index (χ1v) is 4.83. The number of amides is 1. The number of carboxylic acids is 1. The van der Waals surface area contributed by atoms with Crippen LogP contribution in [0.15, 0.2) is 18.2 Å². The maximum absolute atomic E-state index is 11.4. The van der Waals surface area contributed by atoms with Crippen molar-refractivity contribution in [2.45, 2.75) is 19.9 Å². The molecule has 1 aromatic carbocycles. The fraction of sp³-hybridized carbons (Fsp3) is 0.273. The molecule has 0 aliphatic heterocycles. The Morgan fingerprint density at radius 1 is 1.44 bits per heavy atom. The lowest BCUT2D eigenvalue weighted by molar-refractivity contribution is -0.117. The average molecular weight is 222 g/mol. The quantitative estimate of drug-likeness (QED) is 0.710. The molecule has 0 saturated heterocycles. The van der Waals surface area contributed by atoms with E-state index in [2.05, 4.69) is 5.32 Å². The molecule has 1 atom stereocenters. The summed E-state index contributed by atoms with van der Waals surface area (Å²) in [6.07, 6.45) is 0. The molecule has 0 fully saturated rings. The van der Waals surface area contributed by atoms with Crippen LogP contribution in [0.4, 0.5) is 5.69 Å². The summed E-state index contributed by atoms with van der Waals surface area (Å²) in [5, 5.41) is 11.5. The number of nitrogens with one attached hydrogen (secondary N) is 1. The van der Waals surface area contributed by atoms with Gasteiger partial charge in [-0.25, -0.2) is 4.79 Å². The number of carboxylic acid groups (broad SMARTS) is 1. The maximum Gasteiger partial charge on any atom is 0.338 e. The Hall–Kier alpha value is -1.88. The number of hydrogen-bond acceptors (Lipinski definition) is 3. The predicted octanol–water partition coefficient (Wildman–Crippen LogP) is 0.979. The van der Waals surface area contributed by atoms with E-state index in [1.807, 2.05) is 0 Å². The third-order valence-corrected chi connectivity index (χ3v) is 2.16. The van der Waals surface area contributed by atoms with Crippen molar-refractivity contribution >= 4 is 17.6 Å². The standard InChI is InChI=1S/C11H14N2O3/c1-6-4-3-5-8(9(6)11(15)16)13-10(14)7(2)12/h3-5,7H,12H2,1-2H3,(H,13,14)(H,15,16)/t7-/m0/s1. The van der Waals surface area contributed by atoms with Crippen LogP contribution in [-0.4, -0.2) is 23.0 Å². The molecule has 86 valence electrons. The molecule has 0 unspecified atom stereocenters. The second-order valence-electron chi connectivity index (χ2n) is 3.58. The molecule has 0 spiro atoms. The van der Waals surface area contributed by atoms with Gasteiger partial charge in [-0.2, -0.15) is 0 Å². The maximum atomic E-state index is 11.4. The van der Waals surface area contributed by atoms with Crippen LogP contribution >= 0.6 is 0 Å². The van der Waals surface area contributed by atoms with Crippen molar-refractivity contribution in [3.8, 4) is 0 Å². The zero-order valence-corrected chi connectivity index (χ0v) is 9.15. The van der Waals surface area contributed by atoms with Crippen molar-refractivity contribution < 1.29 is 14.7 Å². The monoisotopic (exact) mass is 222 g/mol. The van der Waals surface area contributed by atoms with E-state index in [4.69, 9.17) is 10.8 Å². The number of carbonyl (C=O) groups is 2. The number of aromatic carboxylic acids is 1. The predicted molar refractivity (Wildman–Crippen MR) is 60.4 cm³/mol. The van der Waals surface area contributed by atoms with E-state index in [0.717, 1.165) is 0 Å². The highest BCUT2D eigenvalue weighted by Crippen LogP contribution is 2.19. The number of nitrogens with two attached hydrogens (primary N) is 1. The highest BCUT2D eigenvalue weighted by molar-refractivity contribution is 6.02. The Kier molecular flexibility index (Phi) is 3.63. The third-order valence-electron chi connectivity index (χ3n) is 2.16. The first kappa shape index (κ1) is 12.2. The van der Waals surface area contributed by atoms with Gasteiger partial charge in [-0.15, -0.1) is 0 Å². The lowest BCUT2D eigenvalue weighted by Gasteiger charge is -2.11. The van der Waals surface area contributed by atoms with Gasteiger partial charge in [0.1, 0.15) is 0 Å². The molecular formula is C11H14N2O3. The highest BCUT2D eigenvalue weighted by atomic mass is 16.4. The van der Waals surface area contributed by atoms with Crippen molar-refractivity contribution in [1.29, 1.82) is 0 Å². The second-order valence-corrected chi connectivity index (χ2v) is 3.58. The Morgan fingerprint density at radius 2 is 2.06 bits per heavy atom. The van der Waals surface area contributed by atoms with Crippen molar-refractivity contribution in [2.24, 2.45) is 5.73 Å². The van der Waals surface area contributed by atoms with Gasteiger partial charge in [-0.1, -0.05) is 12.1 Å². The second kappa shape index (κ2) is 4.76. The summed E-state index contributed by atoms with van der Waals surface area (Å²) >= 11 is 0. The van der Waals surface area contributed by atoms with E-state index in [1.54, 1.807) is 19.1 Å². The van der Waals surface area contributed by atoms with E-state index in [9.17, 15) is 9.59 Å². The molecule has 0 radical (unpaired) electrons. The Balaban J connectivity index is 3.09. The average Bonchev–Trinajstić information content (AvgIpc) is 2.16. The molecular weight excluding hydrogens is 208 g/mol. The molecule has 1 aromatic rings. The minimum Gasteiger partial charge on any atom is -0.478 e. The van der Waals surface area contributed by atoms with Gasteiger partial charge in [0.25, 0.3) is 0 Å². The molecule has 0 aliphatic rings. The van der Waals surface area contributed by atoms with Crippen LogP contribution in [0.1, 0.15) is 22.8 Å². The fourth-order valence-corrected chi connectivity index (χ4v) is 1.30. The topological polar surface area (TPSA) is 92.4 Å². The molecule has 1 amide bonds. The molecule has 5 heteroatoms. The van der Waals surface area contributed by atoms with Crippen LogP contribution in [0, 0.1) is 6.92 Å². The van der Waals surface area contributed by atoms with E-state index in [-0.39, 0.29) is 11.3 Å². The Morgan fingerprint density at radius 3 is 2.56 bits per heavy atom. The zero-order chi connectivity index (χ0) is 12.3. The number of rotatable bonds is 3. The first-order chi connectivity index (χ1) is 7.43. The van der Waals surface area contributed by atoms with Crippen molar-refractivity contribution in [1.82, 2.24) is 0 Å². The molecule has 0 saturated carbocycles. The van der Waals surface area contributed by atoms with E-state index < -0.39 is 17.9 Å². The van der Waals surface area contributed by atoms with Crippen LogP contribution in [-0.2, 0) is 4.79 Å². The first-order valence-electron chi connectivity index (χ1n) is 4.83. The summed E-state index contributed by atoms with van der Waals surface area (Å²) in [4.78, 5) is 22.4. The van der Waals surface area contributed by atoms with E-state index >= 15 is 0 Å². The summed E-state index contributed by atoms with van der Waals surface area (Å²) in [5.41, 5.74) is 6.35. The van der Waals surface area contributed by atoms with Crippen LogP contribution in [0.5, 0.6) is 0 Å². The Bertz CT molecular complexity index is 427. The highest BCUT2D eigenvalue weighted by Gasteiger charge is 2.16. The lowest BCUT2D eigenvalue weighted by atomic mass is 10.1. The smallest absolute Gasteiger partial charge is 0.338 e. The van der Waals surface area contributed by atoms with Gasteiger partial charge < -0.3 is 16.2 Å². The van der Waals surface area contributed by atoms with Crippen molar-refractivity contribution in [3.05, 3.63) is 29.3 Å². The van der Waals surface area contributed by atoms with Gasteiger partial charge in [-0.05, 0) is 25.5 Å². The van der Waals surface area contributed by atoms with E-state index in [1.165, 1.54) is 13.0 Å². The third kappa shape index (κ3) is 2.58. The van der Waals surface area contributed by atoms with Gasteiger partial charge in [0.05, 0.1) is 17.3 Å². The molecule has 4 N–H and O–H groups in total. The number of benzene rings is 1. The van der Waals surface area contributed by atoms with Gasteiger partial charge in [0.15, 0.2) is 0 Å². The van der Waals surface area contributed by atoms with Crippen molar-refractivity contribution in [3.63, 3.8) is 0 Å². The zero-order valence-electron chi connectivity index (χ0n) is 9.15. The fourth-order valence-electron chi connectivity index (χ4n) is 1.30. The van der Waals surface area contributed by atoms with Gasteiger partial charge >= 0.3 is 5.97 Å². The number of aryl methyl sites for hydroxylation is 1. The number of carbonyl (C=O) groups excluding carboxylic acids is 1. The molecule has 1 rings (SSSR count). The van der Waals surface area contributed by atoms with Gasteiger partial charge in [0, 0.05) is 0 Å². The molecule has 0 aliphatic carbocycles. The molecule has 16 heavy (non-hydrogen) atoms.